The summed E-state index contributed by atoms with van der Waals surface area (Å²) in [5.41, 5.74) is 0. The summed E-state index contributed by atoms with van der Waals surface area (Å²) in [4.78, 5) is 10.6. The number of carbonyl (C=O) groups is 1. The van der Waals surface area contributed by atoms with E-state index in [4.69, 9.17) is 5.11 Å². The summed E-state index contributed by atoms with van der Waals surface area (Å²) in [5, 5.41) is 8.70. The van der Waals surface area contributed by atoms with Crippen molar-refractivity contribution in [3.8, 4) is 0 Å². The third-order valence-corrected chi connectivity index (χ3v) is 0.774. The van der Waals surface area contributed by atoms with E-state index in [-0.39, 0.29) is 12.7 Å². The average molecular weight is 162 g/mol. The fourth-order valence-electron chi connectivity index (χ4n) is 0.415. The molecule has 0 bridgehead atoms. The van der Waals surface area contributed by atoms with Crippen LogP contribution in [0.4, 0.5) is 4.79 Å². The van der Waals surface area contributed by atoms with Crippen LogP contribution in [0.2, 0.25) is 0 Å². The standard InChI is InChI=1S/C7H14O4/c1-5(2)11-7(9)10-4-6(3)8/h5-6,8H,4H2,1-3H3. The Morgan fingerprint density at radius 2 is 2.00 bits per heavy atom. The number of aliphatic hydroxyl groups is 1. The largest absolute Gasteiger partial charge is 0.508 e. The summed E-state index contributed by atoms with van der Waals surface area (Å²) in [6.07, 6.45) is -1.56. The Bertz CT molecular complexity index is 120. The lowest BCUT2D eigenvalue weighted by Crippen LogP contribution is -2.18. The highest BCUT2D eigenvalue weighted by atomic mass is 16.7. The van der Waals surface area contributed by atoms with Gasteiger partial charge in [0.1, 0.15) is 6.61 Å². The summed E-state index contributed by atoms with van der Waals surface area (Å²) >= 11 is 0. The van der Waals surface area contributed by atoms with Gasteiger partial charge in [0.2, 0.25) is 0 Å². The molecule has 0 fully saturated rings. The first-order valence-electron chi connectivity index (χ1n) is 3.54. The van der Waals surface area contributed by atoms with Crippen LogP contribution in [0.5, 0.6) is 0 Å². The summed E-state index contributed by atoms with van der Waals surface area (Å²) in [6, 6.07) is 0. The van der Waals surface area contributed by atoms with Crippen LogP contribution in [-0.4, -0.2) is 30.1 Å². The van der Waals surface area contributed by atoms with E-state index < -0.39 is 12.3 Å². The molecule has 0 amide bonds. The van der Waals surface area contributed by atoms with E-state index in [1.165, 1.54) is 6.92 Å². The second-order valence-corrected chi connectivity index (χ2v) is 2.58. The zero-order valence-electron chi connectivity index (χ0n) is 7.03. The van der Waals surface area contributed by atoms with Crippen molar-refractivity contribution in [2.75, 3.05) is 6.61 Å². The highest BCUT2D eigenvalue weighted by molar-refractivity contribution is 5.59. The minimum Gasteiger partial charge on any atom is -0.432 e. The first-order valence-corrected chi connectivity index (χ1v) is 3.54. The third-order valence-electron chi connectivity index (χ3n) is 0.774. The van der Waals surface area contributed by atoms with Gasteiger partial charge >= 0.3 is 6.16 Å². The molecule has 4 heteroatoms. The van der Waals surface area contributed by atoms with Crippen molar-refractivity contribution in [3.63, 3.8) is 0 Å². The van der Waals surface area contributed by atoms with Gasteiger partial charge in [-0.15, -0.1) is 0 Å². The van der Waals surface area contributed by atoms with Crippen molar-refractivity contribution >= 4 is 6.16 Å². The Hall–Kier alpha value is -0.770. The van der Waals surface area contributed by atoms with Gasteiger partial charge in [-0.25, -0.2) is 4.79 Å². The van der Waals surface area contributed by atoms with Crippen LogP contribution in [0.3, 0.4) is 0 Å². The topological polar surface area (TPSA) is 55.8 Å². The maximum absolute atomic E-state index is 10.6. The van der Waals surface area contributed by atoms with E-state index >= 15 is 0 Å². The number of hydrogen-bond donors (Lipinski definition) is 1. The summed E-state index contributed by atoms with van der Waals surface area (Å²) in [7, 11) is 0. The van der Waals surface area contributed by atoms with E-state index in [1.807, 2.05) is 0 Å². The molecule has 0 radical (unpaired) electrons. The second-order valence-electron chi connectivity index (χ2n) is 2.58. The molecule has 0 aliphatic carbocycles. The summed E-state index contributed by atoms with van der Waals surface area (Å²) in [5.74, 6) is 0. The number of ether oxygens (including phenoxy) is 2. The molecular weight excluding hydrogens is 148 g/mol. The Morgan fingerprint density at radius 1 is 1.45 bits per heavy atom. The zero-order chi connectivity index (χ0) is 8.85. The van der Waals surface area contributed by atoms with Crippen LogP contribution < -0.4 is 0 Å². The lowest BCUT2D eigenvalue weighted by atomic mass is 10.4. The van der Waals surface area contributed by atoms with Gasteiger partial charge in [0.15, 0.2) is 0 Å². The second kappa shape index (κ2) is 4.96. The Balaban J connectivity index is 3.38. The van der Waals surface area contributed by atoms with Crippen molar-refractivity contribution in [2.24, 2.45) is 0 Å². The molecule has 0 aromatic rings. The first kappa shape index (κ1) is 10.2. The predicted molar refractivity (Wildman–Crippen MR) is 39.2 cm³/mol. The van der Waals surface area contributed by atoms with E-state index in [1.54, 1.807) is 13.8 Å². The minimum atomic E-state index is -0.735. The molecule has 1 atom stereocenters. The fraction of sp³-hybridized carbons (Fsp3) is 0.857. The molecule has 66 valence electrons. The highest BCUT2D eigenvalue weighted by Crippen LogP contribution is 1.93. The van der Waals surface area contributed by atoms with Crippen LogP contribution in [0, 0.1) is 0 Å². The Labute approximate surface area is 66.1 Å². The molecule has 1 unspecified atom stereocenters. The number of carbonyl (C=O) groups excluding carboxylic acids is 1. The average Bonchev–Trinajstić information content (AvgIpc) is 1.82. The number of rotatable bonds is 3. The monoisotopic (exact) mass is 162 g/mol. The van der Waals surface area contributed by atoms with Gasteiger partial charge < -0.3 is 14.6 Å². The summed E-state index contributed by atoms with van der Waals surface area (Å²) < 4.78 is 9.13. The van der Waals surface area contributed by atoms with Crippen molar-refractivity contribution < 1.29 is 19.4 Å². The van der Waals surface area contributed by atoms with Gasteiger partial charge in [-0.1, -0.05) is 0 Å². The third kappa shape index (κ3) is 7.12. The van der Waals surface area contributed by atoms with Gasteiger partial charge in [-0.05, 0) is 20.8 Å². The molecule has 11 heavy (non-hydrogen) atoms. The molecule has 4 nitrogen and oxygen atoms in total. The molecule has 0 aliphatic heterocycles. The molecule has 0 aliphatic rings. The molecule has 0 aromatic heterocycles. The molecule has 1 N–H and O–H groups in total. The fourth-order valence-corrected chi connectivity index (χ4v) is 0.415. The van der Waals surface area contributed by atoms with E-state index in [2.05, 4.69) is 9.47 Å². The molecule has 0 saturated carbocycles. The molecular formula is C7H14O4. The van der Waals surface area contributed by atoms with Crippen LogP contribution in [0.1, 0.15) is 20.8 Å². The van der Waals surface area contributed by atoms with E-state index in [0.29, 0.717) is 0 Å². The molecule has 0 heterocycles. The van der Waals surface area contributed by atoms with E-state index in [9.17, 15) is 4.79 Å². The smallest absolute Gasteiger partial charge is 0.432 e. The highest BCUT2D eigenvalue weighted by Gasteiger charge is 2.07. The van der Waals surface area contributed by atoms with Crippen LogP contribution in [0.25, 0.3) is 0 Å². The summed E-state index contributed by atoms with van der Waals surface area (Å²) in [6.45, 7) is 4.96. The van der Waals surface area contributed by atoms with Gasteiger partial charge in [-0.2, -0.15) is 0 Å². The van der Waals surface area contributed by atoms with Crippen molar-refractivity contribution in [1.29, 1.82) is 0 Å². The van der Waals surface area contributed by atoms with Crippen molar-refractivity contribution in [3.05, 3.63) is 0 Å². The maximum atomic E-state index is 10.6. The lowest BCUT2D eigenvalue weighted by molar-refractivity contribution is 0.00954. The van der Waals surface area contributed by atoms with Crippen LogP contribution in [0.15, 0.2) is 0 Å². The van der Waals surface area contributed by atoms with E-state index in [0.717, 1.165) is 0 Å². The normalized spacial score (nSPS) is 12.8. The van der Waals surface area contributed by atoms with Crippen LogP contribution >= 0.6 is 0 Å². The number of hydrogen-bond acceptors (Lipinski definition) is 4. The SMILES string of the molecule is CC(O)COC(=O)OC(C)C. The molecule has 0 saturated heterocycles. The first-order chi connectivity index (χ1) is 5.02. The number of aliphatic hydroxyl groups excluding tert-OH is 1. The van der Waals surface area contributed by atoms with Gasteiger partial charge in [0.05, 0.1) is 12.2 Å². The lowest BCUT2D eigenvalue weighted by Gasteiger charge is -2.09. The maximum Gasteiger partial charge on any atom is 0.508 e. The minimum absolute atomic E-state index is 0.0223. The molecule has 0 aromatic carbocycles. The van der Waals surface area contributed by atoms with Crippen molar-refractivity contribution in [2.45, 2.75) is 33.0 Å². The van der Waals surface area contributed by atoms with Gasteiger partial charge in [0.25, 0.3) is 0 Å². The Kier molecular flexibility index (Phi) is 4.61. The predicted octanol–water partition coefficient (Wildman–Crippen LogP) is 0.929. The molecule has 0 spiro atoms. The quantitative estimate of drug-likeness (QED) is 0.627. The molecule has 0 rings (SSSR count). The Morgan fingerprint density at radius 3 is 2.36 bits per heavy atom. The zero-order valence-corrected chi connectivity index (χ0v) is 7.03. The van der Waals surface area contributed by atoms with Gasteiger partial charge in [-0.3, -0.25) is 0 Å². The van der Waals surface area contributed by atoms with Crippen LogP contribution in [-0.2, 0) is 9.47 Å². The van der Waals surface area contributed by atoms with Gasteiger partial charge in [0, 0.05) is 0 Å². The van der Waals surface area contributed by atoms with Crippen molar-refractivity contribution in [1.82, 2.24) is 0 Å².